The maximum atomic E-state index is 14.2. The van der Waals surface area contributed by atoms with Crippen LogP contribution in [0.1, 0.15) is 22.3 Å². The van der Waals surface area contributed by atoms with E-state index in [1.54, 1.807) is 6.07 Å². The average Bonchev–Trinajstić information content (AvgIpc) is 3.27. The van der Waals surface area contributed by atoms with Crippen molar-refractivity contribution in [1.82, 2.24) is 19.5 Å². The molecule has 1 aliphatic rings. The molecule has 8 heteroatoms. The number of anilines is 1. The highest BCUT2D eigenvalue weighted by Crippen LogP contribution is 2.40. The summed E-state index contributed by atoms with van der Waals surface area (Å²) in [7, 11) is 0. The number of aryl methyl sites for hydroxylation is 1. The molecule has 3 heterocycles. The van der Waals surface area contributed by atoms with Crippen LogP contribution in [-0.2, 0) is 0 Å². The summed E-state index contributed by atoms with van der Waals surface area (Å²) in [5, 5.41) is 15.2. The molecule has 1 N–H and O–H groups in total. The van der Waals surface area contributed by atoms with E-state index in [9.17, 15) is 9.50 Å². The molecule has 5 rings (SSSR count). The SMILES string of the molecule is Cc1nc2sc(C(c3ccccc3)N3CCN(c4ccccc4F)CC3)c(O)n2n1. The Kier molecular flexibility index (Phi) is 4.88. The fourth-order valence-electron chi connectivity index (χ4n) is 4.12. The van der Waals surface area contributed by atoms with E-state index < -0.39 is 0 Å². The number of hydrogen-bond acceptors (Lipinski definition) is 6. The number of rotatable bonds is 4. The lowest BCUT2D eigenvalue weighted by Crippen LogP contribution is -2.48. The molecule has 30 heavy (non-hydrogen) atoms. The maximum Gasteiger partial charge on any atom is 0.230 e. The molecule has 0 amide bonds. The average molecular weight is 424 g/mol. The van der Waals surface area contributed by atoms with E-state index in [0.29, 0.717) is 29.6 Å². The summed E-state index contributed by atoms with van der Waals surface area (Å²) in [6, 6.07) is 17.0. The van der Waals surface area contributed by atoms with Gasteiger partial charge in [0.05, 0.1) is 16.6 Å². The van der Waals surface area contributed by atoms with E-state index in [-0.39, 0.29) is 17.7 Å². The maximum absolute atomic E-state index is 14.2. The zero-order valence-corrected chi connectivity index (χ0v) is 17.4. The lowest BCUT2D eigenvalue weighted by atomic mass is 10.0. The molecular formula is C22H22FN5OS. The number of piperazine rings is 1. The van der Waals surface area contributed by atoms with Crippen LogP contribution in [0.5, 0.6) is 5.88 Å². The monoisotopic (exact) mass is 423 g/mol. The first kappa shape index (κ1) is 19.0. The zero-order valence-electron chi connectivity index (χ0n) is 16.6. The second kappa shape index (κ2) is 7.70. The molecule has 0 spiro atoms. The van der Waals surface area contributed by atoms with E-state index in [2.05, 4.69) is 32.0 Å². The minimum Gasteiger partial charge on any atom is -0.492 e. The second-order valence-corrected chi connectivity index (χ2v) is 8.44. The number of thiazole rings is 1. The van der Waals surface area contributed by atoms with Gasteiger partial charge < -0.3 is 10.0 Å². The van der Waals surface area contributed by atoms with Crippen LogP contribution in [0, 0.1) is 12.7 Å². The number of aromatic hydroxyl groups is 1. The molecular weight excluding hydrogens is 401 g/mol. The van der Waals surface area contributed by atoms with Crippen LogP contribution < -0.4 is 4.90 Å². The predicted molar refractivity (Wildman–Crippen MR) is 116 cm³/mol. The van der Waals surface area contributed by atoms with E-state index in [1.807, 2.05) is 37.3 Å². The number of aromatic nitrogens is 3. The molecule has 0 aliphatic carbocycles. The first-order valence-electron chi connectivity index (χ1n) is 9.95. The van der Waals surface area contributed by atoms with Crippen LogP contribution in [0.15, 0.2) is 54.6 Å². The predicted octanol–water partition coefficient (Wildman–Crippen LogP) is 3.86. The Hall–Kier alpha value is -2.97. The molecule has 0 bridgehead atoms. The van der Waals surface area contributed by atoms with Crippen molar-refractivity contribution in [3.63, 3.8) is 0 Å². The van der Waals surface area contributed by atoms with Gasteiger partial charge in [-0.15, -0.1) is 5.10 Å². The molecule has 1 unspecified atom stereocenters. The Labute approximate surface area is 177 Å². The molecule has 0 radical (unpaired) electrons. The van der Waals surface area contributed by atoms with Crippen molar-refractivity contribution in [1.29, 1.82) is 0 Å². The van der Waals surface area contributed by atoms with Crippen molar-refractivity contribution in [2.75, 3.05) is 31.1 Å². The number of para-hydroxylation sites is 1. The zero-order chi connectivity index (χ0) is 20.7. The van der Waals surface area contributed by atoms with Gasteiger partial charge in [0.15, 0.2) is 0 Å². The van der Waals surface area contributed by atoms with Crippen molar-refractivity contribution >= 4 is 22.0 Å². The van der Waals surface area contributed by atoms with Gasteiger partial charge >= 0.3 is 0 Å². The highest BCUT2D eigenvalue weighted by atomic mass is 32.1. The lowest BCUT2D eigenvalue weighted by Gasteiger charge is -2.40. The molecule has 1 fully saturated rings. The lowest BCUT2D eigenvalue weighted by molar-refractivity contribution is 0.210. The van der Waals surface area contributed by atoms with E-state index in [0.717, 1.165) is 23.5 Å². The van der Waals surface area contributed by atoms with Gasteiger partial charge in [-0.2, -0.15) is 4.52 Å². The number of fused-ring (bicyclic) bond motifs is 1. The van der Waals surface area contributed by atoms with Crippen molar-refractivity contribution in [3.8, 4) is 5.88 Å². The van der Waals surface area contributed by atoms with Crippen molar-refractivity contribution in [3.05, 3.63) is 76.7 Å². The smallest absolute Gasteiger partial charge is 0.230 e. The largest absolute Gasteiger partial charge is 0.492 e. The Balaban J connectivity index is 1.47. The van der Waals surface area contributed by atoms with Crippen LogP contribution in [0.25, 0.3) is 4.96 Å². The number of nitrogens with zero attached hydrogens (tertiary/aromatic N) is 5. The topological polar surface area (TPSA) is 56.9 Å². The molecule has 6 nitrogen and oxygen atoms in total. The van der Waals surface area contributed by atoms with Crippen LogP contribution in [0.4, 0.5) is 10.1 Å². The van der Waals surface area contributed by atoms with Gasteiger partial charge in [-0.05, 0) is 24.6 Å². The minimum atomic E-state index is -0.191. The molecule has 4 aromatic rings. The van der Waals surface area contributed by atoms with Crippen LogP contribution in [-0.4, -0.2) is 50.8 Å². The molecule has 1 atom stereocenters. The van der Waals surface area contributed by atoms with Crippen LogP contribution in [0.3, 0.4) is 0 Å². The second-order valence-electron chi connectivity index (χ2n) is 7.43. The first-order valence-corrected chi connectivity index (χ1v) is 10.8. The molecule has 154 valence electrons. The molecule has 0 saturated carbocycles. The third-order valence-corrected chi connectivity index (χ3v) is 6.61. The number of halogens is 1. The third-order valence-electron chi connectivity index (χ3n) is 5.54. The molecule has 2 aromatic heterocycles. The Bertz CT molecular complexity index is 1170. The summed E-state index contributed by atoms with van der Waals surface area (Å²) in [6.07, 6.45) is 0. The standard InChI is InChI=1S/C22H22FN5OS/c1-15-24-22-28(25-15)21(29)20(30-22)19(16-7-3-2-4-8-16)27-13-11-26(12-14-27)18-10-6-5-9-17(18)23/h2-10,19,29H,11-14H2,1H3. The summed E-state index contributed by atoms with van der Waals surface area (Å²) >= 11 is 1.47. The van der Waals surface area contributed by atoms with Gasteiger partial charge in [-0.1, -0.05) is 53.8 Å². The van der Waals surface area contributed by atoms with Gasteiger partial charge in [0.1, 0.15) is 11.6 Å². The van der Waals surface area contributed by atoms with Gasteiger partial charge in [0.25, 0.3) is 0 Å². The Morgan fingerprint density at radius 2 is 1.70 bits per heavy atom. The summed E-state index contributed by atoms with van der Waals surface area (Å²) in [5.41, 5.74) is 1.75. The van der Waals surface area contributed by atoms with E-state index in [4.69, 9.17) is 0 Å². The molecule has 2 aromatic carbocycles. The summed E-state index contributed by atoms with van der Waals surface area (Å²) < 4.78 is 15.7. The van der Waals surface area contributed by atoms with Crippen molar-refractivity contribution in [2.45, 2.75) is 13.0 Å². The Morgan fingerprint density at radius 3 is 2.40 bits per heavy atom. The van der Waals surface area contributed by atoms with E-state index >= 15 is 0 Å². The normalized spacial score (nSPS) is 16.3. The van der Waals surface area contributed by atoms with Crippen molar-refractivity contribution in [2.24, 2.45) is 0 Å². The third kappa shape index (κ3) is 3.32. The number of hydrogen-bond donors (Lipinski definition) is 1. The highest BCUT2D eigenvalue weighted by molar-refractivity contribution is 7.17. The van der Waals surface area contributed by atoms with Crippen LogP contribution in [0.2, 0.25) is 0 Å². The van der Waals surface area contributed by atoms with Crippen LogP contribution >= 0.6 is 11.3 Å². The number of benzene rings is 2. The van der Waals surface area contributed by atoms with Gasteiger partial charge in [-0.3, -0.25) is 4.90 Å². The van der Waals surface area contributed by atoms with Gasteiger partial charge in [0.2, 0.25) is 10.8 Å². The summed E-state index contributed by atoms with van der Waals surface area (Å²) in [6.45, 7) is 4.74. The van der Waals surface area contributed by atoms with Gasteiger partial charge in [-0.25, -0.2) is 9.37 Å². The Morgan fingerprint density at radius 1 is 1.00 bits per heavy atom. The summed E-state index contributed by atoms with van der Waals surface area (Å²) in [4.78, 5) is 10.4. The molecule has 1 saturated heterocycles. The minimum absolute atomic E-state index is 0.109. The van der Waals surface area contributed by atoms with E-state index in [1.165, 1.54) is 21.9 Å². The summed E-state index contributed by atoms with van der Waals surface area (Å²) in [5.74, 6) is 0.586. The van der Waals surface area contributed by atoms with Gasteiger partial charge in [0, 0.05) is 26.2 Å². The fourth-order valence-corrected chi connectivity index (χ4v) is 5.28. The fraction of sp³-hybridized carbons (Fsp3) is 0.273. The molecule has 1 aliphatic heterocycles. The van der Waals surface area contributed by atoms with Crippen molar-refractivity contribution < 1.29 is 9.50 Å². The first-order chi connectivity index (χ1) is 14.6. The highest BCUT2D eigenvalue weighted by Gasteiger charge is 2.32. The quantitative estimate of drug-likeness (QED) is 0.540.